The minimum atomic E-state index is -0.665. The molecule has 0 radical (unpaired) electrons. The molecule has 0 atom stereocenters. The number of rotatable bonds is 6. The van der Waals surface area contributed by atoms with Gasteiger partial charge in [-0.2, -0.15) is 0 Å². The summed E-state index contributed by atoms with van der Waals surface area (Å²) < 4.78 is 0. The number of pyridine rings is 2. The van der Waals surface area contributed by atoms with Crippen LogP contribution in [0.25, 0.3) is 22.4 Å². The number of benzene rings is 2. The molecule has 2 aromatic carbocycles. The molecule has 2 heterocycles. The van der Waals surface area contributed by atoms with Gasteiger partial charge in [-0.3, -0.25) is 19.6 Å². The molecule has 0 saturated heterocycles. The number of primary amides is 1. The van der Waals surface area contributed by atoms with Crippen molar-refractivity contribution in [2.75, 3.05) is 0 Å². The number of hydrogen-bond acceptors (Lipinski definition) is 4. The van der Waals surface area contributed by atoms with Crippen LogP contribution in [0.3, 0.4) is 0 Å². The third kappa shape index (κ3) is 4.87. The molecule has 0 spiro atoms. The van der Waals surface area contributed by atoms with E-state index in [1.165, 1.54) is 12.1 Å². The summed E-state index contributed by atoms with van der Waals surface area (Å²) in [5.74, 6) is -1.07. The Morgan fingerprint density at radius 2 is 1.61 bits per heavy atom. The third-order valence-corrected chi connectivity index (χ3v) is 5.73. The molecule has 164 valence electrons. The average molecular weight is 477 g/mol. The lowest BCUT2D eigenvalue weighted by atomic mass is 9.94. The van der Waals surface area contributed by atoms with E-state index >= 15 is 0 Å². The molecule has 4 aromatic rings. The van der Waals surface area contributed by atoms with Gasteiger partial charge >= 0.3 is 0 Å². The van der Waals surface area contributed by atoms with Crippen molar-refractivity contribution in [3.05, 3.63) is 106 Å². The zero-order valence-corrected chi connectivity index (χ0v) is 18.8. The fourth-order valence-electron chi connectivity index (χ4n) is 3.41. The van der Waals surface area contributed by atoms with Gasteiger partial charge in [0.15, 0.2) is 0 Å². The number of nitrogens with one attached hydrogen (secondary N) is 1. The zero-order chi connectivity index (χ0) is 23.4. The van der Waals surface area contributed by atoms with Gasteiger partial charge in [0.05, 0.1) is 28.5 Å². The van der Waals surface area contributed by atoms with Crippen LogP contribution in [0.15, 0.2) is 79.1 Å². The Morgan fingerprint density at radius 3 is 2.27 bits per heavy atom. The summed E-state index contributed by atoms with van der Waals surface area (Å²) >= 11 is 13.1. The van der Waals surface area contributed by atoms with Crippen molar-refractivity contribution in [3.63, 3.8) is 0 Å². The van der Waals surface area contributed by atoms with Crippen molar-refractivity contribution < 1.29 is 9.59 Å². The van der Waals surface area contributed by atoms with E-state index in [0.29, 0.717) is 33.1 Å². The number of nitrogens with zero attached hydrogens (tertiary/aromatic N) is 2. The van der Waals surface area contributed by atoms with E-state index in [9.17, 15) is 9.59 Å². The van der Waals surface area contributed by atoms with Gasteiger partial charge in [0, 0.05) is 34.1 Å². The standard InChI is InChI=1S/C25H18Cl2N4O2/c26-20-10-7-15(13-19(20)21-6-2-4-12-30-21)22-17(24(28)32)8-9-18(23(22)27)25(33)31-14-16-5-1-3-11-29-16/h1-13H,14H2,(H2,28,32)(H,31,33). The lowest BCUT2D eigenvalue weighted by Crippen LogP contribution is -2.24. The first-order chi connectivity index (χ1) is 16.0. The molecule has 0 saturated carbocycles. The van der Waals surface area contributed by atoms with Crippen LogP contribution in [0.5, 0.6) is 0 Å². The van der Waals surface area contributed by atoms with E-state index < -0.39 is 11.8 Å². The van der Waals surface area contributed by atoms with Gasteiger partial charge in [-0.25, -0.2) is 0 Å². The van der Waals surface area contributed by atoms with E-state index in [2.05, 4.69) is 15.3 Å². The van der Waals surface area contributed by atoms with Crippen molar-refractivity contribution in [3.8, 4) is 22.4 Å². The summed E-state index contributed by atoms with van der Waals surface area (Å²) in [4.78, 5) is 33.6. The van der Waals surface area contributed by atoms with Crippen molar-refractivity contribution in [2.24, 2.45) is 5.73 Å². The third-order valence-electron chi connectivity index (χ3n) is 5.00. The molecule has 33 heavy (non-hydrogen) atoms. The van der Waals surface area contributed by atoms with Gasteiger partial charge in [0.25, 0.3) is 5.91 Å². The first kappa shape index (κ1) is 22.5. The number of halogens is 2. The monoisotopic (exact) mass is 476 g/mol. The van der Waals surface area contributed by atoms with Crippen LogP contribution in [0.2, 0.25) is 10.0 Å². The number of carbonyl (C=O) groups excluding carboxylic acids is 2. The molecule has 0 aliphatic carbocycles. The largest absolute Gasteiger partial charge is 0.366 e. The highest BCUT2D eigenvalue weighted by molar-refractivity contribution is 6.37. The molecular weight excluding hydrogens is 459 g/mol. The number of hydrogen-bond donors (Lipinski definition) is 2. The fraction of sp³-hybridized carbons (Fsp3) is 0.0400. The van der Waals surface area contributed by atoms with Crippen molar-refractivity contribution in [1.82, 2.24) is 15.3 Å². The quantitative estimate of drug-likeness (QED) is 0.402. The van der Waals surface area contributed by atoms with Crippen LogP contribution < -0.4 is 11.1 Å². The molecule has 4 rings (SSSR count). The average Bonchev–Trinajstić information content (AvgIpc) is 2.84. The summed E-state index contributed by atoms with van der Waals surface area (Å²) in [5, 5.41) is 3.39. The van der Waals surface area contributed by atoms with E-state index in [0.717, 1.165) is 0 Å². The molecule has 0 aliphatic heterocycles. The maximum atomic E-state index is 12.9. The van der Waals surface area contributed by atoms with Gasteiger partial charge in [0.2, 0.25) is 5.91 Å². The van der Waals surface area contributed by atoms with E-state index in [-0.39, 0.29) is 22.7 Å². The summed E-state index contributed by atoms with van der Waals surface area (Å²) in [7, 11) is 0. The maximum Gasteiger partial charge on any atom is 0.253 e. The lowest BCUT2D eigenvalue weighted by molar-refractivity contribution is 0.0948. The highest BCUT2D eigenvalue weighted by atomic mass is 35.5. The fourth-order valence-corrected chi connectivity index (χ4v) is 3.98. The summed E-state index contributed by atoms with van der Waals surface area (Å²) in [6.07, 6.45) is 3.31. The number of carbonyl (C=O) groups is 2. The Hall–Kier alpha value is -3.74. The highest BCUT2D eigenvalue weighted by Crippen LogP contribution is 2.38. The summed E-state index contributed by atoms with van der Waals surface area (Å²) in [5.41, 5.74) is 8.97. The Morgan fingerprint density at radius 1 is 0.879 bits per heavy atom. The van der Waals surface area contributed by atoms with Gasteiger partial charge in [-0.15, -0.1) is 0 Å². The van der Waals surface area contributed by atoms with Gasteiger partial charge in [-0.1, -0.05) is 41.4 Å². The molecule has 3 N–H and O–H groups in total. The Balaban J connectivity index is 1.76. The minimum Gasteiger partial charge on any atom is -0.366 e. The van der Waals surface area contributed by atoms with Crippen LogP contribution in [0.4, 0.5) is 0 Å². The smallest absolute Gasteiger partial charge is 0.253 e. The van der Waals surface area contributed by atoms with Crippen molar-refractivity contribution in [2.45, 2.75) is 6.54 Å². The van der Waals surface area contributed by atoms with E-state index in [1.807, 2.05) is 18.2 Å². The number of nitrogens with two attached hydrogens (primary N) is 1. The zero-order valence-electron chi connectivity index (χ0n) is 17.3. The van der Waals surface area contributed by atoms with Gasteiger partial charge in [-0.05, 0) is 54.1 Å². The first-order valence-electron chi connectivity index (χ1n) is 9.97. The number of amides is 2. The molecule has 0 fully saturated rings. The summed E-state index contributed by atoms with van der Waals surface area (Å²) in [6, 6.07) is 19.1. The summed E-state index contributed by atoms with van der Waals surface area (Å²) in [6.45, 7) is 0.230. The van der Waals surface area contributed by atoms with Crippen LogP contribution in [-0.2, 0) is 6.54 Å². The SMILES string of the molecule is NC(=O)c1ccc(C(=O)NCc2ccccn2)c(Cl)c1-c1ccc(Cl)c(-c2ccccn2)c1. The second-order valence-electron chi connectivity index (χ2n) is 7.13. The van der Waals surface area contributed by atoms with Crippen LogP contribution in [0, 0.1) is 0 Å². The Bertz CT molecular complexity index is 1330. The predicted octanol–water partition coefficient (Wildman–Crippen LogP) is 5.15. The molecule has 0 aliphatic rings. The molecule has 0 bridgehead atoms. The Kier molecular flexibility index (Phi) is 6.68. The molecule has 2 amide bonds. The highest BCUT2D eigenvalue weighted by Gasteiger charge is 2.21. The number of aromatic nitrogens is 2. The second-order valence-corrected chi connectivity index (χ2v) is 7.91. The molecule has 2 aromatic heterocycles. The minimum absolute atomic E-state index is 0.110. The van der Waals surface area contributed by atoms with Gasteiger partial charge in [0.1, 0.15) is 0 Å². The maximum absolute atomic E-state index is 12.9. The van der Waals surface area contributed by atoms with E-state index in [1.54, 1.807) is 48.8 Å². The Labute approximate surface area is 200 Å². The van der Waals surface area contributed by atoms with Gasteiger partial charge < -0.3 is 11.1 Å². The van der Waals surface area contributed by atoms with Crippen LogP contribution >= 0.6 is 23.2 Å². The first-order valence-corrected chi connectivity index (χ1v) is 10.7. The van der Waals surface area contributed by atoms with Crippen LogP contribution in [0.1, 0.15) is 26.4 Å². The van der Waals surface area contributed by atoms with Crippen molar-refractivity contribution in [1.29, 1.82) is 0 Å². The molecular formula is C25H18Cl2N4O2. The lowest BCUT2D eigenvalue weighted by Gasteiger charge is -2.15. The molecule has 8 heteroatoms. The van der Waals surface area contributed by atoms with Crippen LogP contribution in [-0.4, -0.2) is 21.8 Å². The normalized spacial score (nSPS) is 10.6. The molecule has 6 nitrogen and oxygen atoms in total. The van der Waals surface area contributed by atoms with Crippen molar-refractivity contribution >= 4 is 35.0 Å². The molecule has 0 unspecified atom stereocenters. The topological polar surface area (TPSA) is 98.0 Å². The predicted molar refractivity (Wildman–Crippen MR) is 129 cm³/mol. The second kappa shape index (κ2) is 9.81. The van der Waals surface area contributed by atoms with E-state index in [4.69, 9.17) is 28.9 Å².